The third-order valence-electron chi connectivity index (χ3n) is 2.24. The maximum atomic E-state index is 11.2. The summed E-state index contributed by atoms with van der Waals surface area (Å²) in [4.78, 5) is 11.2. The van der Waals surface area contributed by atoms with Crippen LogP contribution in [0, 0.1) is 5.92 Å². The summed E-state index contributed by atoms with van der Waals surface area (Å²) in [5.41, 5.74) is 0. The Morgan fingerprint density at radius 1 is 1.42 bits per heavy atom. The first-order valence-corrected chi connectivity index (χ1v) is 5.05. The average molecular weight is 166 g/mol. The van der Waals surface area contributed by atoms with E-state index in [0.717, 1.165) is 19.3 Å². The van der Waals surface area contributed by atoms with Crippen LogP contribution in [0.3, 0.4) is 0 Å². The van der Waals surface area contributed by atoms with E-state index in [1.807, 2.05) is 6.08 Å². The molecule has 1 aliphatic rings. The van der Waals surface area contributed by atoms with E-state index < -0.39 is 0 Å². The van der Waals surface area contributed by atoms with E-state index in [4.69, 9.17) is 0 Å². The number of carbonyl (C=O) groups is 1. The van der Waals surface area contributed by atoms with E-state index in [-0.39, 0.29) is 0 Å². The summed E-state index contributed by atoms with van der Waals surface area (Å²) in [6.45, 7) is 2.19. The zero-order valence-corrected chi connectivity index (χ0v) is 7.88. The summed E-state index contributed by atoms with van der Waals surface area (Å²) >= 11 is 0. The summed E-state index contributed by atoms with van der Waals surface area (Å²) in [7, 11) is 0. The summed E-state index contributed by atoms with van der Waals surface area (Å²) in [6.07, 6.45) is 10.9. The molecule has 0 N–H and O–H groups in total. The van der Waals surface area contributed by atoms with Crippen LogP contribution in [0.25, 0.3) is 0 Å². The molecule has 0 amide bonds. The van der Waals surface area contributed by atoms with Crippen LogP contribution in [0.5, 0.6) is 0 Å². The smallest absolute Gasteiger partial charge is 0.158 e. The highest BCUT2D eigenvalue weighted by Gasteiger charge is 2.27. The second-order valence-electron chi connectivity index (χ2n) is 3.57. The van der Waals surface area contributed by atoms with E-state index in [1.165, 1.54) is 19.3 Å². The topological polar surface area (TPSA) is 17.1 Å². The first-order chi connectivity index (χ1) is 5.84. The summed E-state index contributed by atoms with van der Waals surface area (Å²) in [6, 6.07) is 0. The molecule has 1 fully saturated rings. The van der Waals surface area contributed by atoms with Crippen molar-refractivity contribution in [1.82, 2.24) is 0 Å². The molecule has 0 saturated heterocycles. The van der Waals surface area contributed by atoms with Crippen molar-refractivity contribution in [3.63, 3.8) is 0 Å². The molecular weight excluding hydrogens is 148 g/mol. The van der Waals surface area contributed by atoms with Gasteiger partial charge in [-0.25, -0.2) is 0 Å². The van der Waals surface area contributed by atoms with Crippen molar-refractivity contribution in [3.05, 3.63) is 12.2 Å². The fourth-order valence-electron chi connectivity index (χ4n) is 1.22. The molecule has 0 aliphatic heterocycles. The molecular formula is C11H18O. The zero-order chi connectivity index (χ0) is 8.81. The van der Waals surface area contributed by atoms with Gasteiger partial charge in [0.2, 0.25) is 0 Å². The standard InChI is InChI=1S/C11H18O/c1-2-3-4-5-6-7-11(12)10-8-9-10/h6-7,10H,2-5,8-9H2,1H3/b7-6+. The lowest BCUT2D eigenvalue weighted by atomic mass is 10.1. The van der Waals surface area contributed by atoms with Gasteiger partial charge in [0.1, 0.15) is 0 Å². The number of allylic oxidation sites excluding steroid dienone is 2. The van der Waals surface area contributed by atoms with E-state index >= 15 is 0 Å². The van der Waals surface area contributed by atoms with Crippen LogP contribution >= 0.6 is 0 Å². The number of carbonyl (C=O) groups excluding carboxylic acids is 1. The van der Waals surface area contributed by atoms with Crippen molar-refractivity contribution in [2.75, 3.05) is 0 Å². The monoisotopic (exact) mass is 166 g/mol. The lowest BCUT2D eigenvalue weighted by molar-refractivity contribution is -0.115. The molecule has 1 aliphatic carbocycles. The van der Waals surface area contributed by atoms with Crippen LogP contribution in [-0.4, -0.2) is 5.78 Å². The largest absolute Gasteiger partial charge is 0.295 e. The lowest BCUT2D eigenvalue weighted by Gasteiger charge is -1.91. The predicted molar refractivity (Wildman–Crippen MR) is 51.0 cm³/mol. The summed E-state index contributed by atoms with van der Waals surface area (Å²) < 4.78 is 0. The van der Waals surface area contributed by atoms with Crippen molar-refractivity contribution in [2.45, 2.75) is 45.4 Å². The number of ketones is 1. The van der Waals surface area contributed by atoms with Crippen molar-refractivity contribution in [3.8, 4) is 0 Å². The Kier molecular flexibility index (Phi) is 4.06. The van der Waals surface area contributed by atoms with Gasteiger partial charge in [-0.05, 0) is 31.8 Å². The van der Waals surface area contributed by atoms with Gasteiger partial charge >= 0.3 is 0 Å². The molecule has 0 unspecified atom stereocenters. The van der Waals surface area contributed by atoms with Gasteiger partial charge in [-0.15, -0.1) is 0 Å². The first kappa shape index (κ1) is 9.50. The molecule has 0 atom stereocenters. The predicted octanol–water partition coefficient (Wildman–Crippen LogP) is 3.10. The van der Waals surface area contributed by atoms with Crippen LogP contribution < -0.4 is 0 Å². The second kappa shape index (κ2) is 5.13. The van der Waals surface area contributed by atoms with Crippen molar-refractivity contribution in [2.24, 2.45) is 5.92 Å². The number of hydrogen-bond donors (Lipinski definition) is 0. The lowest BCUT2D eigenvalue weighted by Crippen LogP contribution is -1.93. The zero-order valence-electron chi connectivity index (χ0n) is 7.88. The second-order valence-corrected chi connectivity index (χ2v) is 3.57. The van der Waals surface area contributed by atoms with E-state index in [1.54, 1.807) is 6.08 Å². The molecule has 1 heteroatoms. The van der Waals surface area contributed by atoms with Crippen LogP contribution in [0.1, 0.15) is 45.4 Å². The number of rotatable bonds is 6. The Bertz CT molecular complexity index is 166. The summed E-state index contributed by atoms with van der Waals surface area (Å²) in [5.74, 6) is 0.749. The molecule has 1 rings (SSSR count). The third-order valence-corrected chi connectivity index (χ3v) is 2.24. The molecule has 0 heterocycles. The minimum atomic E-state index is 0.353. The minimum absolute atomic E-state index is 0.353. The molecule has 0 spiro atoms. The SMILES string of the molecule is CCCCC/C=C/C(=O)C1CC1. The van der Waals surface area contributed by atoms with Crippen LogP contribution in [-0.2, 0) is 4.79 Å². The van der Waals surface area contributed by atoms with Crippen LogP contribution in [0.2, 0.25) is 0 Å². The Morgan fingerprint density at radius 3 is 2.75 bits per heavy atom. The minimum Gasteiger partial charge on any atom is -0.295 e. The van der Waals surface area contributed by atoms with Gasteiger partial charge in [-0.3, -0.25) is 4.79 Å². The molecule has 0 aromatic heterocycles. The van der Waals surface area contributed by atoms with Gasteiger partial charge in [0.05, 0.1) is 0 Å². The van der Waals surface area contributed by atoms with E-state index in [0.29, 0.717) is 11.7 Å². The normalized spacial score (nSPS) is 17.1. The van der Waals surface area contributed by atoms with Gasteiger partial charge in [-0.2, -0.15) is 0 Å². The molecule has 0 bridgehead atoms. The fraction of sp³-hybridized carbons (Fsp3) is 0.727. The molecule has 0 aromatic carbocycles. The molecule has 12 heavy (non-hydrogen) atoms. The number of unbranched alkanes of at least 4 members (excludes halogenated alkanes) is 3. The Hall–Kier alpha value is -0.590. The van der Waals surface area contributed by atoms with Crippen molar-refractivity contribution in [1.29, 1.82) is 0 Å². The van der Waals surface area contributed by atoms with Crippen LogP contribution in [0.4, 0.5) is 0 Å². The van der Waals surface area contributed by atoms with Gasteiger partial charge in [0.15, 0.2) is 5.78 Å². The maximum Gasteiger partial charge on any atom is 0.158 e. The highest BCUT2D eigenvalue weighted by molar-refractivity contribution is 5.93. The van der Waals surface area contributed by atoms with Crippen molar-refractivity contribution < 1.29 is 4.79 Å². The fourth-order valence-corrected chi connectivity index (χ4v) is 1.22. The van der Waals surface area contributed by atoms with Gasteiger partial charge in [-0.1, -0.05) is 25.8 Å². The highest BCUT2D eigenvalue weighted by Crippen LogP contribution is 2.30. The number of hydrogen-bond acceptors (Lipinski definition) is 1. The molecule has 0 aromatic rings. The summed E-state index contributed by atoms with van der Waals surface area (Å²) in [5, 5.41) is 0. The van der Waals surface area contributed by atoms with Gasteiger partial charge in [0.25, 0.3) is 0 Å². The third kappa shape index (κ3) is 3.70. The highest BCUT2D eigenvalue weighted by atomic mass is 16.1. The van der Waals surface area contributed by atoms with Crippen molar-refractivity contribution >= 4 is 5.78 Å². The van der Waals surface area contributed by atoms with E-state index in [9.17, 15) is 4.79 Å². The van der Waals surface area contributed by atoms with Gasteiger partial charge in [0, 0.05) is 5.92 Å². The maximum absolute atomic E-state index is 11.2. The average Bonchev–Trinajstić information content (AvgIpc) is 2.86. The Balaban J connectivity index is 2.00. The van der Waals surface area contributed by atoms with Gasteiger partial charge < -0.3 is 0 Å². The molecule has 1 saturated carbocycles. The van der Waals surface area contributed by atoms with E-state index in [2.05, 4.69) is 6.92 Å². The van der Waals surface area contributed by atoms with Crippen LogP contribution in [0.15, 0.2) is 12.2 Å². The first-order valence-electron chi connectivity index (χ1n) is 5.05. The molecule has 1 nitrogen and oxygen atoms in total. The molecule has 0 radical (unpaired) electrons. The molecule has 68 valence electrons. The Labute approximate surface area is 74.9 Å². The Morgan fingerprint density at radius 2 is 2.17 bits per heavy atom. The quantitative estimate of drug-likeness (QED) is 0.437.